The van der Waals surface area contributed by atoms with Gasteiger partial charge in [-0.15, -0.1) is 0 Å². The smallest absolute Gasteiger partial charge is 0.338 e. The van der Waals surface area contributed by atoms with Gasteiger partial charge in [-0.3, -0.25) is 4.79 Å². The summed E-state index contributed by atoms with van der Waals surface area (Å²) in [4.78, 5) is 28.1. The average molecular weight is 448 g/mol. The Hall–Kier alpha value is -2.19. The molecule has 0 fully saturated rings. The quantitative estimate of drug-likeness (QED) is 0.291. The Morgan fingerprint density at radius 2 is 1.83 bits per heavy atom. The van der Waals surface area contributed by atoms with Gasteiger partial charge in [-0.2, -0.15) is 0 Å². The van der Waals surface area contributed by atoms with Gasteiger partial charge in [0.1, 0.15) is 10.6 Å². The van der Waals surface area contributed by atoms with Gasteiger partial charge < -0.3 is 15.4 Å². The van der Waals surface area contributed by atoms with Crippen molar-refractivity contribution in [3.8, 4) is 0 Å². The average Bonchev–Trinajstić information content (AvgIpc) is 2.71. The molecule has 0 radical (unpaired) electrons. The van der Waals surface area contributed by atoms with Crippen molar-refractivity contribution >= 4 is 39.2 Å². The molecule has 0 saturated heterocycles. The summed E-state index contributed by atoms with van der Waals surface area (Å²) in [6, 6.07) is 13.0. The zero-order valence-corrected chi connectivity index (χ0v) is 19.3. The normalized spacial score (nSPS) is 11.0. The molecule has 0 bridgehead atoms. The van der Waals surface area contributed by atoms with Crippen LogP contribution in [0.3, 0.4) is 0 Å². The first-order valence-electron chi connectivity index (χ1n) is 9.88. The van der Waals surface area contributed by atoms with E-state index < -0.39 is 5.60 Å². The zero-order chi connectivity index (χ0) is 21.8. The van der Waals surface area contributed by atoms with Gasteiger partial charge in [-0.1, -0.05) is 16.9 Å². The van der Waals surface area contributed by atoms with Crippen LogP contribution < -0.4 is 10.6 Å². The van der Waals surface area contributed by atoms with E-state index in [-0.39, 0.29) is 11.9 Å². The highest BCUT2D eigenvalue weighted by atomic mass is 33.1. The standard InChI is InChI=1S/C22H29N3O3S2/c1-22(2,3)28-21(27)17-8-10-18(11-9-17)23-14-6-15-24-19(26)12-16-29-30-20-7-4-5-13-25-20/h4-5,7-11,13,23H,6,12,14-16H2,1-3H3,(H,24,26). The van der Waals surface area contributed by atoms with E-state index in [1.54, 1.807) is 39.9 Å². The molecule has 2 aromatic rings. The molecule has 0 spiro atoms. The van der Waals surface area contributed by atoms with Gasteiger partial charge >= 0.3 is 5.97 Å². The molecule has 1 heterocycles. The number of nitrogens with one attached hydrogen (secondary N) is 2. The van der Waals surface area contributed by atoms with Crippen LogP contribution in [-0.2, 0) is 9.53 Å². The number of hydrogen-bond donors (Lipinski definition) is 2. The van der Waals surface area contributed by atoms with Crippen LogP contribution in [0.4, 0.5) is 5.69 Å². The van der Waals surface area contributed by atoms with Crippen molar-refractivity contribution in [2.75, 3.05) is 24.2 Å². The van der Waals surface area contributed by atoms with Crippen LogP contribution in [-0.4, -0.2) is 41.3 Å². The highest BCUT2D eigenvalue weighted by Gasteiger charge is 2.17. The predicted octanol–water partition coefficient (Wildman–Crippen LogP) is 4.79. The lowest BCUT2D eigenvalue weighted by atomic mass is 10.1. The molecule has 1 aromatic heterocycles. The molecule has 0 aliphatic heterocycles. The second-order valence-corrected chi connectivity index (χ2v) is 9.97. The molecule has 1 amide bonds. The van der Waals surface area contributed by atoms with Gasteiger partial charge in [0.2, 0.25) is 5.91 Å². The molecule has 162 valence electrons. The second-order valence-electron chi connectivity index (χ2n) is 7.53. The van der Waals surface area contributed by atoms with Crippen molar-refractivity contribution in [2.45, 2.75) is 44.2 Å². The number of rotatable bonds is 11. The van der Waals surface area contributed by atoms with E-state index in [4.69, 9.17) is 4.74 Å². The summed E-state index contributed by atoms with van der Waals surface area (Å²) in [5, 5.41) is 7.17. The molecule has 0 saturated carbocycles. The molecule has 0 unspecified atom stereocenters. The Labute approximate surface area is 186 Å². The fourth-order valence-corrected chi connectivity index (χ4v) is 4.20. The first-order chi connectivity index (χ1) is 14.3. The molecule has 2 rings (SSSR count). The number of amides is 1. The van der Waals surface area contributed by atoms with Crippen LogP contribution >= 0.6 is 21.6 Å². The molecule has 2 N–H and O–H groups in total. The number of aromatic nitrogens is 1. The maximum absolute atomic E-state index is 12.0. The molecule has 8 heteroatoms. The second kappa shape index (κ2) is 12.5. The van der Waals surface area contributed by atoms with Crippen LogP contribution in [0.25, 0.3) is 0 Å². The van der Waals surface area contributed by atoms with Crippen molar-refractivity contribution in [2.24, 2.45) is 0 Å². The Morgan fingerprint density at radius 1 is 1.07 bits per heavy atom. The van der Waals surface area contributed by atoms with E-state index >= 15 is 0 Å². The monoisotopic (exact) mass is 447 g/mol. The number of esters is 1. The van der Waals surface area contributed by atoms with Gasteiger partial charge in [0.15, 0.2) is 0 Å². The number of carbonyl (C=O) groups excluding carboxylic acids is 2. The molecule has 6 nitrogen and oxygen atoms in total. The summed E-state index contributed by atoms with van der Waals surface area (Å²) >= 11 is 0. The van der Waals surface area contributed by atoms with Crippen LogP contribution in [0.15, 0.2) is 53.7 Å². The largest absolute Gasteiger partial charge is 0.456 e. The summed E-state index contributed by atoms with van der Waals surface area (Å²) in [5.74, 6) is 0.481. The van der Waals surface area contributed by atoms with E-state index in [0.717, 1.165) is 29.4 Å². The minimum atomic E-state index is -0.505. The Balaban J connectivity index is 1.54. The maximum atomic E-state index is 12.0. The third kappa shape index (κ3) is 10.0. The van der Waals surface area contributed by atoms with Crippen LogP contribution in [0.5, 0.6) is 0 Å². The minimum absolute atomic E-state index is 0.0610. The molecular weight excluding hydrogens is 418 g/mol. The van der Waals surface area contributed by atoms with Crippen molar-refractivity contribution in [1.82, 2.24) is 10.3 Å². The van der Waals surface area contributed by atoms with E-state index in [0.29, 0.717) is 18.5 Å². The SMILES string of the molecule is CC(C)(C)OC(=O)c1ccc(NCCCNC(=O)CCSSc2ccccn2)cc1. The highest BCUT2D eigenvalue weighted by molar-refractivity contribution is 8.76. The first kappa shape index (κ1) is 24.1. The molecule has 1 aromatic carbocycles. The Kier molecular flexibility index (Phi) is 10.0. The lowest BCUT2D eigenvalue weighted by Crippen LogP contribution is -2.26. The van der Waals surface area contributed by atoms with Gasteiger partial charge in [0, 0.05) is 37.1 Å². The van der Waals surface area contributed by atoms with Gasteiger partial charge in [-0.25, -0.2) is 9.78 Å². The molecule has 0 atom stereocenters. The summed E-state index contributed by atoms with van der Waals surface area (Å²) in [5.41, 5.74) is 0.952. The van der Waals surface area contributed by atoms with Crippen LogP contribution in [0, 0.1) is 0 Å². The lowest BCUT2D eigenvalue weighted by Gasteiger charge is -2.19. The molecular formula is C22H29N3O3S2. The number of hydrogen-bond acceptors (Lipinski definition) is 7. The first-order valence-corrected chi connectivity index (χ1v) is 12.2. The third-order valence-electron chi connectivity index (χ3n) is 3.72. The van der Waals surface area contributed by atoms with Gasteiger partial charge in [-0.05, 0) is 74.4 Å². The zero-order valence-electron chi connectivity index (χ0n) is 17.6. The summed E-state index contributed by atoms with van der Waals surface area (Å²) in [7, 11) is 3.21. The van der Waals surface area contributed by atoms with Crippen LogP contribution in [0.2, 0.25) is 0 Å². The van der Waals surface area contributed by atoms with E-state index in [1.165, 1.54) is 0 Å². The van der Waals surface area contributed by atoms with E-state index in [2.05, 4.69) is 15.6 Å². The van der Waals surface area contributed by atoms with Crippen molar-refractivity contribution in [1.29, 1.82) is 0 Å². The highest BCUT2D eigenvalue weighted by Crippen LogP contribution is 2.29. The molecule has 0 aliphatic carbocycles. The topological polar surface area (TPSA) is 80.3 Å². The summed E-state index contributed by atoms with van der Waals surface area (Å²) < 4.78 is 5.35. The van der Waals surface area contributed by atoms with Crippen molar-refractivity contribution in [3.63, 3.8) is 0 Å². The number of carbonyl (C=O) groups is 2. The number of pyridine rings is 1. The Bertz CT molecular complexity index is 794. The number of benzene rings is 1. The molecule has 0 aliphatic rings. The summed E-state index contributed by atoms with van der Waals surface area (Å²) in [6.45, 7) is 6.90. The van der Waals surface area contributed by atoms with Gasteiger partial charge in [0.05, 0.1) is 5.56 Å². The number of anilines is 1. The fraction of sp³-hybridized carbons (Fsp3) is 0.409. The lowest BCUT2D eigenvalue weighted by molar-refractivity contribution is -0.120. The maximum Gasteiger partial charge on any atom is 0.338 e. The minimum Gasteiger partial charge on any atom is -0.456 e. The van der Waals surface area contributed by atoms with Gasteiger partial charge in [0.25, 0.3) is 0 Å². The third-order valence-corrected chi connectivity index (χ3v) is 5.99. The Morgan fingerprint density at radius 3 is 2.50 bits per heavy atom. The number of ether oxygens (including phenoxy) is 1. The summed E-state index contributed by atoms with van der Waals surface area (Å²) in [6.07, 6.45) is 3.07. The van der Waals surface area contributed by atoms with Crippen molar-refractivity contribution < 1.29 is 14.3 Å². The van der Waals surface area contributed by atoms with E-state index in [9.17, 15) is 9.59 Å². The number of nitrogens with zero attached hydrogens (tertiary/aromatic N) is 1. The fourth-order valence-electron chi connectivity index (χ4n) is 2.33. The van der Waals surface area contributed by atoms with Crippen molar-refractivity contribution in [3.05, 3.63) is 54.2 Å². The van der Waals surface area contributed by atoms with E-state index in [1.807, 2.05) is 51.1 Å². The predicted molar refractivity (Wildman–Crippen MR) is 125 cm³/mol. The molecule has 30 heavy (non-hydrogen) atoms. The van der Waals surface area contributed by atoms with Crippen LogP contribution in [0.1, 0.15) is 44.0 Å².